The molecule has 4 heteroatoms. The predicted octanol–water partition coefficient (Wildman–Crippen LogP) is 2.74. The lowest BCUT2D eigenvalue weighted by Gasteiger charge is -2.08. The zero-order chi connectivity index (χ0) is 12.3. The number of pyridine rings is 1. The van der Waals surface area contributed by atoms with E-state index in [4.69, 9.17) is 4.74 Å². The van der Waals surface area contributed by atoms with E-state index in [0.29, 0.717) is 12.3 Å². The van der Waals surface area contributed by atoms with Crippen LogP contribution in [0.3, 0.4) is 0 Å². The third kappa shape index (κ3) is 3.05. The van der Waals surface area contributed by atoms with Gasteiger partial charge in [-0.05, 0) is 24.6 Å². The van der Waals surface area contributed by atoms with Crippen LogP contribution < -0.4 is 4.74 Å². The van der Waals surface area contributed by atoms with Gasteiger partial charge in [0.1, 0.15) is 0 Å². The van der Waals surface area contributed by atoms with E-state index in [0.717, 1.165) is 10.4 Å². The minimum Gasteiger partial charge on any atom is -0.481 e. The Morgan fingerprint density at radius 1 is 1.35 bits per heavy atom. The molecule has 1 unspecified atom stereocenters. The maximum Gasteiger partial charge on any atom is 0.212 e. The summed E-state index contributed by atoms with van der Waals surface area (Å²) in [6.07, 6.45) is 1.86. The second-order valence-electron chi connectivity index (χ2n) is 3.88. The number of aryl methyl sites for hydroxylation is 1. The molecule has 0 fully saturated rings. The second-order valence-corrected chi connectivity index (χ2v) is 5.20. The van der Waals surface area contributed by atoms with Crippen LogP contribution in [0, 0.1) is 6.92 Å². The molecular formula is C13H15NO2S. The Bertz CT molecular complexity index is 478. The zero-order valence-corrected chi connectivity index (χ0v) is 10.7. The number of thiophene rings is 1. The standard InChI is InChI=1S/C13H15NO2S/c1-9-3-5-12(17-9)11(15)7-10-4-6-13(16-2)14-8-10/h3-6,8,11,15H,7H2,1-2H3. The lowest BCUT2D eigenvalue weighted by Crippen LogP contribution is -2.00. The molecule has 0 aliphatic rings. The minimum atomic E-state index is -0.455. The Hall–Kier alpha value is -1.39. The first kappa shape index (κ1) is 12.1. The Balaban J connectivity index is 2.04. The van der Waals surface area contributed by atoms with Crippen molar-refractivity contribution in [1.82, 2.24) is 4.98 Å². The van der Waals surface area contributed by atoms with E-state index in [2.05, 4.69) is 4.98 Å². The molecule has 0 radical (unpaired) electrons. The Kier molecular flexibility index (Phi) is 3.76. The van der Waals surface area contributed by atoms with Gasteiger partial charge in [0, 0.05) is 28.4 Å². The number of hydrogen-bond donors (Lipinski definition) is 1. The van der Waals surface area contributed by atoms with Crippen molar-refractivity contribution in [2.24, 2.45) is 0 Å². The monoisotopic (exact) mass is 249 g/mol. The van der Waals surface area contributed by atoms with E-state index < -0.39 is 6.10 Å². The predicted molar refractivity (Wildman–Crippen MR) is 68.5 cm³/mol. The molecule has 1 atom stereocenters. The number of aromatic nitrogens is 1. The largest absolute Gasteiger partial charge is 0.481 e. The number of nitrogens with zero attached hydrogens (tertiary/aromatic N) is 1. The number of hydrogen-bond acceptors (Lipinski definition) is 4. The molecule has 17 heavy (non-hydrogen) atoms. The number of aliphatic hydroxyl groups is 1. The molecule has 1 N–H and O–H groups in total. The third-order valence-electron chi connectivity index (χ3n) is 2.53. The van der Waals surface area contributed by atoms with Crippen molar-refractivity contribution >= 4 is 11.3 Å². The zero-order valence-electron chi connectivity index (χ0n) is 9.88. The highest BCUT2D eigenvalue weighted by Gasteiger charge is 2.10. The number of ether oxygens (including phenoxy) is 1. The van der Waals surface area contributed by atoms with Crippen molar-refractivity contribution in [3.8, 4) is 5.88 Å². The SMILES string of the molecule is COc1ccc(CC(O)c2ccc(C)s2)cn1. The summed E-state index contributed by atoms with van der Waals surface area (Å²) in [6, 6.07) is 7.73. The summed E-state index contributed by atoms with van der Waals surface area (Å²) < 4.78 is 4.99. The Labute approximate surface area is 105 Å². The maximum absolute atomic E-state index is 10.1. The first-order valence-electron chi connectivity index (χ1n) is 5.42. The average Bonchev–Trinajstić information content (AvgIpc) is 2.77. The number of aliphatic hydroxyl groups excluding tert-OH is 1. The van der Waals surface area contributed by atoms with Gasteiger partial charge in [0.25, 0.3) is 0 Å². The molecule has 0 aliphatic carbocycles. The lowest BCUT2D eigenvalue weighted by atomic mass is 10.1. The molecule has 2 aromatic rings. The van der Waals surface area contributed by atoms with Crippen molar-refractivity contribution in [3.05, 3.63) is 45.8 Å². The van der Waals surface area contributed by atoms with Gasteiger partial charge in [0.2, 0.25) is 5.88 Å². The van der Waals surface area contributed by atoms with Crippen LogP contribution in [-0.4, -0.2) is 17.2 Å². The van der Waals surface area contributed by atoms with Gasteiger partial charge in [-0.15, -0.1) is 11.3 Å². The van der Waals surface area contributed by atoms with Crippen LogP contribution in [0.15, 0.2) is 30.5 Å². The topological polar surface area (TPSA) is 42.4 Å². The molecule has 2 aromatic heterocycles. The molecule has 2 heterocycles. The van der Waals surface area contributed by atoms with Gasteiger partial charge >= 0.3 is 0 Å². The molecule has 3 nitrogen and oxygen atoms in total. The highest BCUT2D eigenvalue weighted by molar-refractivity contribution is 7.12. The molecule has 0 saturated carbocycles. The average molecular weight is 249 g/mol. The summed E-state index contributed by atoms with van der Waals surface area (Å²) in [5.74, 6) is 0.593. The molecule has 0 amide bonds. The maximum atomic E-state index is 10.1. The van der Waals surface area contributed by atoms with Crippen LogP contribution in [0.2, 0.25) is 0 Å². The summed E-state index contributed by atoms with van der Waals surface area (Å²) in [5, 5.41) is 10.1. The van der Waals surface area contributed by atoms with Crippen LogP contribution in [0.5, 0.6) is 5.88 Å². The van der Waals surface area contributed by atoms with Gasteiger partial charge in [-0.2, -0.15) is 0 Å². The molecule has 0 bridgehead atoms. The Morgan fingerprint density at radius 2 is 2.18 bits per heavy atom. The number of methoxy groups -OCH3 is 1. The molecule has 90 valence electrons. The van der Waals surface area contributed by atoms with Crippen molar-refractivity contribution in [3.63, 3.8) is 0 Å². The van der Waals surface area contributed by atoms with Crippen molar-refractivity contribution < 1.29 is 9.84 Å². The minimum absolute atomic E-state index is 0.455. The van der Waals surface area contributed by atoms with E-state index in [1.165, 1.54) is 4.88 Å². The Morgan fingerprint density at radius 3 is 2.71 bits per heavy atom. The summed E-state index contributed by atoms with van der Waals surface area (Å²) >= 11 is 1.63. The van der Waals surface area contributed by atoms with E-state index in [1.54, 1.807) is 24.6 Å². The summed E-state index contributed by atoms with van der Waals surface area (Å²) in [4.78, 5) is 6.33. The first-order valence-corrected chi connectivity index (χ1v) is 6.24. The molecular weight excluding hydrogens is 234 g/mol. The van der Waals surface area contributed by atoms with Crippen LogP contribution >= 0.6 is 11.3 Å². The van der Waals surface area contributed by atoms with Crippen molar-refractivity contribution in [2.75, 3.05) is 7.11 Å². The molecule has 0 aliphatic heterocycles. The fourth-order valence-electron chi connectivity index (χ4n) is 1.61. The quantitative estimate of drug-likeness (QED) is 0.906. The summed E-state index contributed by atoms with van der Waals surface area (Å²) in [5.41, 5.74) is 1.00. The highest BCUT2D eigenvalue weighted by Crippen LogP contribution is 2.25. The van der Waals surface area contributed by atoms with Gasteiger partial charge in [0.05, 0.1) is 13.2 Å². The molecule has 0 spiro atoms. The van der Waals surface area contributed by atoms with Gasteiger partial charge in [0.15, 0.2) is 0 Å². The van der Waals surface area contributed by atoms with E-state index in [1.807, 2.05) is 31.2 Å². The van der Waals surface area contributed by atoms with Gasteiger partial charge < -0.3 is 9.84 Å². The van der Waals surface area contributed by atoms with E-state index in [-0.39, 0.29) is 0 Å². The van der Waals surface area contributed by atoms with Gasteiger partial charge in [-0.1, -0.05) is 6.07 Å². The van der Waals surface area contributed by atoms with E-state index >= 15 is 0 Å². The number of rotatable bonds is 4. The smallest absolute Gasteiger partial charge is 0.212 e. The molecule has 0 aromatic carbocycles. The van der Waals surface area contributed by atoms with Gasteiger partial charge in [-0.3, -0.25) is 0 Å². The highest BCUT2D eigenvalue weighted by atomic mass is 32.1. The summed E-state index contributed by atoms with van der Waals surface area (Å²) in [6.45, 7) is 2.04. The van der Waals surface area contributed by atoms with Crippen LogP contribution in [0.1, 0.15) is 21.4 Å². The summed E-state index contributed by atoms with van der Waals surface area (Å²) in [7, 11) is 1.59. The van der Waals surface area contributed by atoms with Crippen molar-refractivity contribution in [2.45, 2.75) is 19.4 Å². The van der Waals surface area contributed by atoms with E-state index in [9.17, 15) is 5.11 Å². The lowest BCUT2D eigenvalue weighted by molar-refractivity contribution is 0.182. The third-order valence-corrected chi connectivity index (χ3v) is 3.63. The van der Waals surface area contributed by atoms with Crippen LogP contribution in [0.25, 0.3) is 0 Å². The normalized spacial score (nSPS) is 12.4. The van der Waals surface area contributed by atoms with Crippen LogP contribution in [0.4, 0.5) is 0 Å². The molecule has 0 saturated heterocycles. The fourth-order valence-corrected chi connectivity index (χ4v) is 2.47. The first-order chi connectivity index (χ1) is 8.19. The molecule has 2 rings (SSSR count). The van der Waals surface area contributed by atoms with Crippen molar-refractivity contribution in [1.29, 1.82) is 0 Å². The van der Waals surface area contributed by atoms with Crippen LogP contribution in [-0.2, 0) is 6.42 Å². The fraction of sp³-hybridized carbons (Fsp3) is 0.308. The second kappa shape index (κ2) is 5.29. The van der Waals surface area contributed by atoms with Gasteiger partial charge in [-0.25, -0.2) is 4.98 Å².